The number of amides is 1. The van der Waals surface area contributed by atoms with E-state index >= 15 is 0 Å². The van der Waals surface area contributed by atoms with Gasteiger partial charge in [-0.1, -0.05) is 0 Å². The number of benzene rings is 2. The van der Waals surface area contributed by atoms with Crippen molar-refractivity contribution in [3.8, 4) is 5.75 Å². The van der Waals surface area contributed by atoms with Crippen LogP contribution in [0.3, 0.4) is 0 Å². The van der Waals surface area contributed by atoms with Gasteiger partial charge in [0.25, 0.3) is 0 Å². The zero-order valence-electron chi connectivity index (χ0n) is 12.4. The molecule has 0 aromatic heterocycles. The molecular weight excluding hydrogens is 390 g/mol. The molecule has 1 aliphatic rings. The van der Waals surface area contributed by atoms with Gasteiger partial charge in [0.1, 0.15) is 0 Å². The third-order valence-electron chi connectivity index (χ3n) is 3.54. The quantitative estimate of drug-likeness (QED) is 0.431. The van der Waals surface area contributed by atoms with E-state index in [4.69, 9.17) is 4.74 Å². The van der Waals surface area contributed by atoms with Crippen molar-refractivity contribution in [2.75, 3.05) is 13.7 Å². The zero-order valence-corrected chi connectivity index (χ0v) is 14.7. The Bertz CT molecular complexity index is 680. The third-order valence-corrected chi connectivity index (χ3v) is 6.24. The van der Waals surface area contributed by atoms with Crippen LogP contribution in [-0.2, 0) is 11.3 Å². The first-order valence-electron chi connectivity index (χ1n) is 7.09. The van der Waals surface area contributed by atoms with Crippen molar-refractivity contribution in [3.05, 3.63) is 69.9 Å². The second-order valence-corrected chi connectivity index (χ2v) is 7.77. The predicted molar refractivity (Wildman–Crippen MR) is 88.3 cm³/mol. The first-order chi connectivity index (χ1) is 10.8. The van der Waals surface area contributed by atoms with E-state index in [1.54, 1.807) is 7.11 Å². The van der Waals surface area contributed by atoms with Crippen molar-refractivity contribution < 1.29 is 9.53 Å². The molecule has 0 saturated carbocycles. The molecule has 1 amide bonds. The number of ether oxygens (including phenoxy) is 1. The molecule has 2 aromatic carbocycles. The number of hydrogen-bond donors (Lipinski definition) is 0. The minimum atomic E-state index is -0.448. The summed E-state index contributed by atoms with van der Waals surface area (Å²) >= 11 is -0.448. The molecule has 4 heteroatoms. The van der Waals surface area contributed by atoms with Crippen LogP contribution in [0.25, 0.3) is 0 Å². The molecule has 1 aliphatic heterocycles. The van der Waals surface area contributed by atoms with Gasteiger partial charge in [0.05, 0.1) is 0 Å². The fourth-order valence-electron chi connectivity index (χ4n) is 2.27. The van der Waals surface area contributed by atoms with Crippen LogP contribution in [0.1, 0.15) is 5.56 Å². The van der Waals surface area contributed by atoms with Crippen LogP contribution < -0.4 is 8.35 Å². The Morgan fingerprint density at radius 1 is 1.14 bits per heavy atom. The maximum absolute atomic E-state index is 12.1. The van der Waals surface area contributed by atoms with Gasteiger partial charge >= 0.3 is 141 Å². The molecule has 0 atom stereocenters. The Morgan fingerprint density at radius 3 is 2.50 bits per heavy atom. The Hall–Kier alpha value is -1.76. The number of β-lactam (4-membered cyclic amide) rings is 1. The summed E-state index contributed by atoms with van der Waals surface area (Å²) in [5.74, 6) is 1.06. The Kier molecular flexibility index (Phi) is 4.82. The molecule has 3 nitrogen and oxygen atoms in total. The number of carbonyl (C=O) groups is 1. The van der Waals surface area contributed by atoms with Gasteiger partial charge in [-0.3, -0.25) is 0 Å². The molecule has 1 saturated heterocycles. The van der Waals surface area contributed by atoms with Gasteiger partial charge < -0.3 is 0 Å². The SMILES string of the molecule is COc1ccc([Te]/C=C2\CN(Cc3ccccc3)C2=O)cc1. The van der Waals surface area contributed by atoms with Crippen LogP contribution in [0.5, 0.6) is 5.75 Å². The standard InChI is InChI=1S/C18H17NO2Te/c1-21-16-7-9-17(10-8-16)22-13-15-12-19(18(15)20)11-14-5-3-2-4-6-14/h2-10,13H,11-12H2,1H3/b15-13+. The number of likely N-dealkylation sites (tertiary alicyclic amines) is 1. The van der Waals surface area contributed by atoms with E-state index < -0.39 is 20.9 Å². The molecule has 0 spiro atoms. The van der Waals surface area contributed by atoms with Crippen LogP contribution in [-0.4, -0.2) is 45.4 Å². The minimum absolute atomic E-state index is 0.183. The zero-order chi connectivity index (χ0) is 15.4. The normalized spacial score (nSPS) is 15.8. The van der Waals surface area contributed by atoms with Crippen molar-refractivity contribution in [3.63, 3.8) is 0 Å². The van der Waals surface area contributed by atoms with Gasteiger partial charge in [-0.15, -0.1) is 0 Å². The molecule has 0 unspecified atom stereocenters. The molecule has 1 fully saturated rings. The molecule has 0 bridgehead atoms. The van der Waals surface area contributed by atoms with Gasteiger partial charge in [-0.2, -0.15) is 0 Å². The van der Waals surface area contributed by atoms with Crippen molar-refractivity contribution in [2.45, 2.75) is 6.54 Å². The number of nitrogens with zero attached hydrogens (tertiary/aromatic N) is 1. The molecular formula is C18H17NO2Te. The van der Waals surface area contributed by atoms with Crippen molar-refractivity contribution in [2.24, 2.45) is 0 Å². The van der Waals surface area contributed by atoms with Crippen molar-refractivity contribution >= 4 is 30.4 Å². The second-order valence-electron chi connectivity index (χ2n) is 5.08. The molecule has 0 N–H and O–H groups in total. The molecule has 0 radical (unpaired) electrons. The van der Waals surface area contributed by atoms with E-state index in [1.165, 1.54) is 9.17 Å². The summed E-state index contributed by atoms with van der Waals surface area (Å²) in [7, 11) is 1.67. The molecule has 2 aromatic rings. The first-order valence-corrected chi connectivity index (χ1v) is 9.60. The summed E-state index contributed by atoms with van der Waals surface area (Å²) < 4.78 is 8.63. The molecule has 0 aliphatic carbocycles. The van der Waals surface area contributed by atoms with Crippen LogP contribution in [0.2, 0.25) is 0 Å². The van der Waals surface area contributed by atoms with Crippen LogP contribution in [0.4, 0.5) is 0 Å². The topological polar surface area (TPSA) is 29.5 Å². The van der Waals surface area contributed by atoms with Gasteiger partial charge in [-0.25, -0.2) is 0 Å². The number of methoxy groups -OCH3 is 1. The average molecular weight is 407 g/mol. The van der Waals surface area contributed by atoms with Crippen molar-refractivity contribution in [1.82, 2.24) is 4.90 Å². The molecule has 22 heavy (non-hydrogen) atoms. The predicted octanol–water partition coefficient (Wildman–Crippen LogP) is 1.95. The van der Waals surface area contributed by atoms with E-state index in [-0.39, 0.29) is 5.91 Å². The summed E-state index contributed by atoms with van der Waals surface area (Å²) in [6, 6.07) is 18.2. The summed E-state index contributed by atoms with van der Waals surface area (Å²) in [4.78, 5) is 14.0. The van der Waals surface area contributed by atoms with Gasteiger partial charge in [0, 0.05) is 0 Å². The fourth-order valence-corrected chi connectivity index (χ4v) is 4.40. The Balaban J connectivity index is 1.55. The second kappa shape index (κ2) is 7.00. The molecule has 3 rings (SSSR count). The van der Waals surface area contributed by atoms with E-state index in [9.17, 15) is 4.79 Å². The average Bonchev–Trinajstić information content (AvgIpc) is 2.58. The third kappa shape index (κ3) is 3.52. The Labute approximate surface area is 140 Å². The molecule has 1 heterocycles. The van der Waals surface area contributed by atoms with Crippen LogP contribution >= 0.6 is 0 Å². The molecule has 112 valence electrons. The van der Waals surface area contributed by atoms with E-state index in [2.05, 4.69) is 28.4 Å². The fraction of sp³-hybridized carbons (Fsp3) is 0.167. The van der Waals surface area contributed by atoms with Gasteiger partial charge in [0.2, 0.25) is 0 Å². The summed E-state index contributed by atoms with van der Waals surface area (Å²) in [5, 5.41) is 0. The summed E-state index contributed by atoms with van der Waals surface area (Å²) in [6.45, 7) is 1.48. The van der Waals surface area contributed by atoms with Crippen molar-refractivity contribution in [1.29, 1.82) is 0 Å². The number of carbonyl (C=O) groups excluding carboxylic acids is 1. The van der Waals surface area contributed by atoms with Gasteiger partial charge in [0.15, 0.2) is 0 Å². The summed E-state index contributed by atoms with van der Waals surface area (Å²) in [6.07, 6.45) is 0. The maximum atomic E-state index is 12.1. The Morgan fingerprint density at radius 2 is 1.86 bits per heavy atom. The summed E-state index contributed by atoms with van der Waals surface area (Å²) in [5.41, 5.74) is 2.15. The number of hydrogen-bond acceptors (Lipinski definition) is 2. The number of rotatable bonds is 5. The van der Waals surface area contributed by atoms with E-state index in [1.807, 2.05) is 35.2 Å². The van der Waals surface area contributed by atoms with Crippen LogP contribution in [0, 0.1) is 0 Å². The van der Waals surface area contributed by atoms with E-state index in [0.29, 0.717) is 6.54 Å². The van der Waals surface area contributed by atoms with Crippen LogP contribution in [0.15, 0.2) is 64.3 Å². The monoisotopic (exact) mass is 409 g/mol. The van der Waals surface area contributed by atoms with Gasteiger partial charge in [-0.05, 0) is 0 Å². The van der Waals surface area contributed by atoms with E-state index in [0.717, 1.165) is 17.9 Å². The first kappa shape index (κ1) is 15.1.